The van der Waals surface area contributed by atoms with Gasteiger partial charge in [0.25, 0.3) is 0 Å². The van der Waals surface area contributed by atoms with Crippen molar-refractivity contribution in [1.29, 1.82) is 0 Å². The lowest BCUT2D eigenvalue weighted by Crippen LogP contribution is -2.64. The SMILES string of the molecule is COC1CN(C2(CN)CCN(C)C(C)C2)CCC1C. The minimum Gasteiger partial charge on any atom is -0.380 e. The number of hydrogen-bond donors (Lipinski definition) is 1. The highest BCUT2D eigenvalue weighted by molar-refractivity contribution is 5.00. The van der Waals surface area contributed by atoms with Gasteiger partial charge in [-0.1, -0.05) is 6.92 Å². The van der Waals surface area contributed by atoms with Crippen LogP contribution in [0.5, 0.6) is 0 Å². The number of methoxy groups -OCH3 is 1. The van der Waals surface area contributed by atoms with Gasteiger partial charge in [0.2, 0.25) is 0 Å². The van der Waals surface area contributed by atoms with Gasteiger partial charge in [-0.2, -0.15) is 0 Å². The second-order valence-corrected chi connectivity index (χ2v) is 6.70. The lowest BCUT2D eigenvalue weighted by atomic mass is 9.80. The van der Waals surface area contributed by atoms with E-state index in [9.17, 15) is 0 Å². The average molecular weight is 269 g/mol. The summed E-state index contributed by atoms with van der Waals surface area (Å²) < 4.78 is 5.67. The molecule has 0 saturated carbocycles. The molecule has 19 heavy (non-hydrogen) atoms. The van der Waals surface area contributed by atoms with Crippen molar-refractivity contribution in [2.45, 2.75) is 50.8 Å². The minimum atomic E-state index is 0.197. The fraction of sp³-hybridized carbons (Fsp3) is 1.00. The standard InChI is InChI=1S/C15H31N3O/c1-12-5-7-18(10-14(12)19-4)15(11-16)6-8-17(3)13(2)9-15/h12-14H,5-11,16H2,1-4H3. The van der Waals surface area contributed by atoms with Crippen LogP contribution in [0.2, 0.25) is 0 Å². The normalized spacial score (nSPS) is 42.5. The molecule has 2 fully saturated rings. The Balaban J connectivity index is 2.09. The molecule has 4 nitrogen and oxygen atoms in total. The molecule has 0 bridgehead atoms. The number of nitrogens with two attached hydrogens (primary N) is 1. The van der Waals surface area contributed by atoms with Crippen molar-refractivity contribution in [3.8, 4) is 0 Å². The number of piperidine rings is 2. The first-order valence-electron chi connectivity index (χ1n) is 7.70. The van der Waals surface area contributed by atoms with Gasteiger partial charge in [-0.15, -0.1) is 0 Å². The van der Waals surface area contributed by atoms with E-state index in [0.717, 1.165) is 19.6 Å². The summed E-state index contributed by atoms with van der Waals surface area (Å²) in [4.78, 5) is 5.08. The number of hydrogen-bond acceptors (Lipinski definition) is 4. The van der Waals surface area contributed by atoms with Gasteiger partial charge >= 0.3 is 0 Å². The Morgan fingerprint density at radius 2 is 2.05 bits per heavy atom. The molecule has 112 valence electrons. The van der Waals surface area contributed by atoms with E-state index in [4.69, 9.17) is 10.5 Å². The van der Waals surface area contributed by atoms with Crippen LogP contribution in [-0.2, 0) is 4.74 Å². The van der Waals surface area contributed by atoms with E-state index in [1.54, 1.807) is 0 Å². The van der Waals surface area contributed by atoms with Crippen LogP contribution in [0, 0.1) is 5.92 Å². The molecule has 2 N–H and O–H groups in total. The minimum absolute atomic E-state index is 0.197. The van der Waals surface area contributed by atoms with Crippen LogP contribution in [0.4, 0.5) is 0 Å². The van der Waals surface area contributed by atoms with E-state index >= 15 is 0 Å². The first-order valence-corrected chi connectivity index (χ1v) is 7.70. The van der Waals surface area contributed by atoms with Crippen molar-refractivity contribution in [1.82, 2.24) is 9.80 Å². The first kappa shape index (κ1) is 15.2. The monoisotopic (exact) mass is 269 g/mol. The summed E-state index contributed by atoms with van der Waals surface area (Å²) >= 11 is 0. The lowest BCUT2D eigenvalue weighted by molar-refractivity contribution is -0.0674. The Morgan fingerprint density at radius 3 is 2.63 bits per heavy atom. The Kier molecular flexibility index (Phi) is 4.88. The number of nitrogens with zero attached hydrogens (tertiary/aromatic N) is 2. The van der Waals surface area contributed by atoms with Crippen molar-refractivity contribution in [2.75, 3.05) is 40.3 Å². The van der Waals surface area contributed by atoms with Crippen LogP contribution in [0.25, 0.3) is 0 Å². The summed E-state index contributed by atoms with van der Waals surface area (Å²) in [5.41, 5.74) is 6.39. The zero-order valence-corrected chi connectivity index (χ0v) is 13.1. The molecule has 0 aromatic heterocycles. The first-order chi connectivity index (χ1) is 9.02. The largest absolute Gasteiger partial charge is 0.380 e. The zero-order valence-electron chi connectivity index (χ0n) is 13.1. The summed E-state index contributed by atoms with van der Waals surface area (Å²) in [5, 5.41) is 0. The van der Waals surface area contributed by atoms with Gasteiger partial charge in [-0.05, 0) is 52.2 Å². The van der Waals surface area contributed by atoms with Gasteiger partial charge in [-0.3, -0.25) is 4.90 Å². The number of rotatable bonds is 3. The Morgan fingerprint density at radius 1 is 1.32 bits per heavy atom. The van der Waals surface area contributed by atoms with E-state index in [2.05, 4.69) is 30.7 Å². The van der Waals surface area contributed by atoms with Crippen LogP contribution >= 0.6 is 0 Å². The molecule has 2 saturated heterocycles. The molecule has 2 aliphatic rings. The Hall–Kier alpha value is -0.160. The lowest BCUT2D eigenvalue weighted by Gasteiger charge is -2.53. The molecule has 0 aromatic carbocycles. The maximum Gasteiger partial charge on any atom is 0.0724 e. The maximum absolute atomic E-state index is 6.20. The summed E-state index contributed by atoms with van der Waals surface area (Å²) in [6, 6.07) is 0.623. The Bertz CT molecular complexity index is 299. The molecule has 0 amide bonds. The molecule has 4 atom stereocenters. The van der Waals surface area contributed by atoms with E-state index in [1.165, 1.54) is 25.8 Å². The van der Waals surface area contributed by atoms with Gasteiger partial charge in [0.15, 0.2) is 0 Å². The van der Waals surface area contributed by atoms with Gasteiger partial charge < -0.3 is 15.4 Å². The van der Waals surface area contributed by atoms with Crippen LogP contribution < -0.4 is 5.73 Å². The quantitative estimate of drug-likeness (QED) is 0.835. The van der Waals surface area contributed by atoms with Crippen LogP contribution in [0.15, 0.2) is 0 Å². The van der Waals surface area contributed by atoms with Crippen molar-refractivity contribution >= 4 is 0 Å². The maximum atomic E-state index is 6.20. The topological polar surface area (TPSA) is 41.7 Å². The third-order valence-corrected chi connectivity index (χ3v) is 5.60. The van der Waals surface area contributed by atoms with Crippen LogP contribution in [0.1, 0.15) is 33.1 Å². The summed E-state index contributed by atoms with van der Waals surface area (Å²) in [7, 11) is 4.07. The molecule has 2 heterocycles. The van der Waals surface area contributed by atoms with Gasteiger partial charge in [0, 0.05) is 31.8 Å². The Labute approximate surface area is 118 Å². The van der Waals surface area contributed by atoms with Gasteiger partial charge in [-0.25, -0.2) is 0 Å². The summed E-state index contributed by atoms with van der Waals surface area (Å²) in [5.74, 6) is 0.666. The van der Waals surface area contributed by atoms with Crippen molar-refractivity contribution in [3.05, 3.63) is 0 Å². The molecule has 0 radical (unpaired) electrons. The van der Waals surface area contributed by atoms with Gasteiger partial charge in [0.1, 0.15) is 0 Å². The van der Waals surface area contributed by atoms with Crippen molar-refractivity contribution in [2.24, 2.45) is 11.7 Å². The second-order valence-electron chi connectivity index (χ2n) is 6.70. The highest BCUT2D eigenvalue weighted by Crippen LogP contribution is 2.34. The molecular weight excluding hydrogens is 238 g/mol. The molecule has 4 unspecified atom stereocenters. The van der Waals surface area contributed by atoms with Crippen molar-refractivity contribution in [3.63, 3.8) is 0 Å². The van der Waals surface area contributed by atoms with E-state index in [0.29, 0.717) is 18.1 Å². The molecule has 2 aliphatic heterocycles. The fourth-order valence-electron chi connectivity index (χ4n) is 3.79. The number of ether oxygens (including phenoxy) is 1. The zero-order chi connectivity index (χ0) is 14.0. The third kappa shape index (κ3) is 2.97. The van der Waals surface area contributed by atoms with Crippen molar-refractivity contribution < 1.29 is 4.74 Å². The summed E-state index contributed by atoms with van der Waals surface area (Å²) in [6.45, 7) is 8.78. The van der Waals surface area contributed by atoms with E-state index in [1.807, 2.05) is 7.11 Å². The van der Waals surface area contributed by atoms with Gasteiger partial charge in [0.05, 0.1) is 6.10 Å². The van der Waals surface area contributed by atoms with E-state index in [-0.39, 0.29) is 5.54 Å². The molecular formula is C15H31N3O. The molecule has 0 aliphatic carbocycles. The van der Waals surface area contributed by atoms with E-state index < -0.39 is 0 Å². The molecule has 0 aromatic rings. The predicted octanol–water partition coefficient (Wildman–Crippen LogP) is 1.15. The fourth-order valence-corrected chi connectivity index (χ4v) is 3.79. The second kappa shape index (κ2) is 6.08. The molecule has 2 rings (SSSR count). The average Bonchev–Trinajstić information content (AvgIpc) is 2.42. The highest BCUT2D eigenvalue weighted by Gasteiger charge is 2.43. The molecule has 4 heteroatoms. The highest BCUT2D eigenvalue weighted by atomic mass is 16.5. The predicted molar refractivity (Wildman–Crippen MR) is 79.3 cm³/mol. The van der Waals surface area contributed by atoms with Crippen LogP contribution in [-0.4, -0.2) is 67.8 Å². The van der Waals surface area contributed by atoms with Crippen LogP contribution in [0.3, 0.4) is 0 Å². The summed E-state index contributed by atoms with van der Waals surface area (Å²) in [6.07, 6.45) is 3.97. The smallest absolute Gasteiger partial charge is 0.0724 e. The third-order valence-electron chi connectivity index (χ3n) is 5.60. The molecule has 0 spiro atoms. The number of likely N-dealkylation sites (tertiary alicyclic amines) is 2.